The summed E-state index contributed by atoms with van der Waals surface area (Å²) < 4.78 is 38.6. The summed E-state index contributed by atoms with van der Waals surface area (Å²) in [6, 6.07) is 7.09. The van der Waals surface area contributed by atoms with Crippen LogP contribution >= 0.6 is 0 Å². The fraction of sp³-hybridized carbons (Fsp3) is 0.476. The first-order valence-corrected chi connectivity index (χ1v) is 9.94. The second kappa shape index (κ2) is 8.00. The summed E-state index contributed by atoms with van der Waals surface area (Å²) in [5.74, 6) is 0.691. The number of halogens is 3. The average Bonchev–Trinajstić information content (AvgIpc) is 2.73. The number of piperazine rings is 1. The van der Waals surface area contributed by atoms with E-state index in [1.165, 1.54) is 18.1 Å². The first kappa shape index (κ1) is 19.7. The monoisotopic (exact) mass is 404 g/mol. The summed E-state index contributed by atoms with van der Waals surface area (Å²) in [6.07, 6.45) is -0.0689. The molecule has 1 aromatic carbocycles. The lowest BCUT2D eigenvalue weighted by atomic mass is 9.97. The van der Waals surface area contributed by atoms with E-state index in [0.717, 1.165) is 42.9 Å². The smallest absolute Gasteiger partial charge is 0.352 e. The maximum Gasteiger partial charge on any atom is 0.416 e. The van der Waals surface area contributed by atoms with Crippen molar-refractivity contribution in [3.8, 4) is 0 Å². The Kier molecular flexibility index (Phi) is 5.43. The number of fused-ring (bicyclic) bond motifs is 1. The van der Waals surface area contributed by atoms with Crippen molar-refractivity contribution in [1.82, 2.24) is 15.1 Å². The van der Waals surface area contributed by atoms with E-state index in [4.69, 9.17) is 0 Å². The number of aromatic nitrogens is 2. The lowest BCUT2D eigenvalue weighted by Gasteiger charge is -2.35. The molecule has 1 amide bonds. The van der Waals surface area contributed by atoms with E-state index in [-0.39, 0.29) is 12.3 Å². The van der Waals surface area contributed by atoms with Gasteiger partial charge in [-0.2, -0.15) is 18.3 Å². The number of anilines is 1. The molecule has 0 radical (unpaired) electrons. The summed E-state index contributed by atoms with van der Waals surface area (Å²) in [5.41, 5.74) is 2.02. The molecule has 8 heteroatoms. The number of hydrogen-bond acceptors (Lipinski definition) is 4. The van der Waals surface area contributed by atoms with Gasteiger partial charge >= 0.3 is 6.18 Å². The minimum Gasteiger partial charge on any atom is -0.352 e. The molecule has 0 N–H and O–H groups in total. The van der Waals surface area contributed by atoms with Crippen molar-refractivity contribution < 1.29 is 18.0 Å². The Morgan fingerprint density at radius 3 is 2.52 bits per heavy atom. The van der Waals surface area contributed by atoms with Crippen molar-refractivity contribution in [1.29, 1.82) is 0 Å². The van der Waals surface area contributed by atoms with Crippen LogP contribution in [0.2, 0.25) is 0 Å². The fourth-order valence-corrected chi connectivity index (χ4v) is 3.96. The predicted octanol–water partition coefficient (Wildman–Crippen LogP) is 3.27. The second-order valence-electron chi connectivity index (χ2n) is 7.62. The van der Waals surface area contributed by atoms with Gasteiger partial charge in [-0.15, -0.1) is 5.10 Å². The van der Waals surface area contributed by atoms with Gasteiger partial charge in [0.15, 0.2) is 5.82 Å². The number of hydrogen-bond donors (Lipinski definition) is 0. The Morgan fingerprint density at radius 2 is 1.76 bits per heavy atom. The molecule has 1 aliphatic carbocycles. The van der Waals surface area contributed by atoms with Gasteiger partial charge < -0.3 is 9.80 Å². The first-order chi connectivity index (χ1) is 13.9. The summed E-state index contributed by atoms with van der Waals surface area (Å²) in [7, 11) is 0. The van der Waals surface area contributed by atoms with Crippen LogP contribution in [0.25, 0.3) is 0 Å². The van der Waals surface area contributed by atoms with Gasteiger partial charge in [0.2, 0.25) is 5.91 Å². The third-order valence-corrected chi connectivity index (χ3v) is 5.62. The van der Waals surface area contributed by atoms with Crippen LogP contribution in [0.4, 0.5) is 19.0 Å². The number of benzene rings is 1. The van der Waals surface area contributed by atoms with Gasteiger partial charge in [-0.25, -0.2) is 0 Å². The highest BCUT2D eigenvalue weighted by atomic mass is 19.4. The molecule has 0 atom stereocenters. The molecule has 0 spiro atoms. The van der Waals surface area contributed by atoms with Crippen LogP contribution in [0, 0.1) is 0 Å². The van der Waals surface area contributed by atoms with Crippen molar-refractivity contribution >= 4 is 11.7 Å². The number of carbonyl (C=O) groups excluding carboxylic acids is 1. The van der Waals surface area contributed by atoms with Crippen molar-refractivity contribution in [3.63, 3.8) is 0 Å². The number of alkyl halides is 3. The Balaban J connectivity index is 1.35. The lowest BCUT2D eigenvalue weighted by molar-refractivity contribution is -0.138. The molecule has 2 aromatic rings. The van der Waals surface area contributed by atoms with E-state index in [1.54, 1.807) is 11.0 Å². The minimum absolute atomic E-state index is 0.0252. The number of amides is 1. The maximum atomic E-state index is 12.9. The van der Waals surface area contributed by atoms with Crippen LogP contribution in [0.1, 0.15) is 35.2 Å². The lowest BCUT2D eigenvalue weighted by Crippen LogP contribution is -2.49. The van der Waals surface area contributed by atoms with Crippen molar-refractivity contribution in [2.75, 3.05) is 31.1 Å². The van der Waals surface area contributed by atoms with Crippen LogP contribution in [0.15, 0.2) is 30.3 Å². The number of aryl methyl sites for hydroxylation is 2. The Hall–Kier alpha value is -2.64. The van der Waals surface area contributed by atoms with Gasteiger partial charge in [0.1, 0.15) is 0 Å². The van der Waals surface area contributed by atoms with E-state index in [2.05, 4.69) is 21.2 Å². The topological polar surface area (TPSA) is 49.3 Å². The SMILES string of the molecule is O=C(Cc1cccc(C(F)(F)F)c1)N1CCN(c2cc3c(nn2)CCCC3)CC1. The normalized spacial score (nSPS) is 17.2. The summed E-state index contributed by atoms with van der Waals surface area (Å²) in [5, 5.41) is 8.72. The first-order valence-electron chi connectivity index (χ1n) is 9.94. The highest BCUT2D eigenvalue weighted by Crippen LogP contribution is 2.29. The zero-order valence-electron chi connectivity index (χ0n) is 16.1. The summed E-state index contributed by atoms with van der Waals surface area (Å²) >= 11 is 0. The quantitative estimate of drug-likeness (QED) is 0.788. The van der Waals surface area contributed by atoms with Gasteiger partial charge in [0.05, 0.1) is 17.7 Å². The van der Waals surface area contributed by atoms with Crippen LogP contribution in [-0.2, 0) is 30.2 Å². The van der Waals surface area contributed by atoms with Crippen LogP contribution < -0.4 is 4.90 Å². The minimum atomic E-state index is -4.40. The van der Waals surface area contributed by atoms with E-state index >= 15 is 0 Å². The zero-order chi connectivity index (χ0) is 20.4. The van der Waals surface area contributed by atoms with Gasteiger partial charge in [-0.3, -0.25) is 4.79 Å². The summed E-state index contributed by atoms with van der Waals surface area (Å²) in [6.45, 7) is 2.33. The van der Waals surface area contributed by atoms with Gasteiger partial charge in [0, 0.05) is 26.2 Å². The molecule has 0 bridgehead atoms. The van der Waals surface area contributed by atoms with Gasteiger partial charge in [-0.05, 0) is 48.9 Å². The van der Waals surface area contributed by atoms with Crippen molar-refractivity contribution in [2.24, 2.45) is 0 Å². The highest BCUT2D eigenvalue weighted by molar-refractivity contribution is 5.79. The summed E-state index contributed by atoms with van der Waals surface area (Å²) in [4.78, 5) is 16.4. The number of carbonyl (C=O) groups is 1. The Bertz CT molecular complexity index is 892. The Labute approximate surface area is 167 Å². The molecule has 0 saturated carbocycles. The molecular weight excluding hydrogens is 381 g/mol. The van der Waals surface area contributed by atoms with E-state index in [0.29, 0.717) is 31.7 Å². The average molecular weight is 404 g/mol. The number of nitrogens with zero attached hydrogens (tertiary/aromatic N) is 4. The fourth-order valence-electron chi connectivity index (χ4n) is 3.96. The molecule has 1 aliphatic heterocycles. The van der Waals surface area contributed by atoms with Crippen molar-refractivity contribution in [2.45, 2.75) is 38.3 Å². The third-order valence-electron chi connectivity index (χ3n) is 5.62. The zero-order valence-corrected chi connectivity index (χ0v) is 16.1. The molecule has 4 rings (SSSR count). The standard InChI is InChI=1S/C21H23F3N4O/c22-21(23,24)17-6-3-4-15(12-17)13-20(29)28-10-8-27(9-11-28)19-14-16-5-1-2-7-18(16)25-26-19/h3-4,6,12,14H,1-2,5,7-11,13H2. The molecule has 0 unspecified atom stereocenters. The Morgan fingerprint density at radius 1 is 1.00 bits per heavy atom. The third kappa shape index (κ3) is 4.52. The van der Waals surface area contributed by atoms with Crippen LogP contribution in [0.3, 0.4) is 0 Å². The molecule has 1 saturated heterocycles. The molecule has 154 valence electrons. The van der Waals surface area contributed by atoms with Crippen LogP contribution in [0.5, 0.6) is 0 Å². The van der Waals surface area contributed by atoms with Crippen LogP contribution in [-0.4, -0.2) is 47.2 Å². The molecule has 1 aromatic heterocycles. The van der Waals surface area contributed by atoms with Gasteiger partial charge in [-0.1, -0.05) is 18.2 Å². The molecule has 1 fully saturated rings. The molecule has 5 nitrogen and oxygen atoms in total. The highest BCUT2D eigenvalue weighted by Gasteiger charge is 2.31. The number of rotatable bonds is 3. The van der Waals surface area contributed by atoms with Crippen molar-refractivity contribution in [3.05, 3.63) is 52.7 Å². The molecule has 29 heavy (non-hydrogen) atoms. The maximum absolute atomic E-state index is 12.9. The van der Waals surface area contributed by atoms with E-state index in [1.807, 2.05) is 0 Å². The molecule has 2 heterocycles. The van der Waals surface area contributed by atoms with E-state index < -0.39 is 11.7 Å². The van der Waals surface area contributed by atoms with E-state index in [9.17, 15) is 18.0 Å². The molecular formula is C21H23F3N4O. The van der Waals surface area contributed by atoms with Gasteiger partial charge in [0.25, 0.3) is 0 Å². The second-order valence-corrected chi connectivity index (χ2v) is 7.62. The largest absolute Gasteiger partial charge is 0.416 e. The molecule has 2 aliphatic rings. The predicted molar refractivity (Wildman–Crippen MR) is 103 cm³/mol.